The van der Waals surface area contributed by atoms with Gasteiger partial charge in [0.25, 0.3) is 5.91 Å². The van der Waals surface area contributed by atoms with Crippen molar-refractivity contribution in [3.63, 3.8) is 0 Å². The first kappa shape index (κ1) is 18.8. The van der Waals surface area contributed by atoms with Crippen molar-refractivity contribution in [1.29, 1.82) is 0 Å². The van der Waals surface area contributed by atoms with Gasteiger partial charge in [-0.2, -0.15) is 0 Å². The van der Waals surface area contributed by atoms with Gasteiger partial charge in [0.1, 0.15) is 17.2 Å². The van der Waals surface area contributed by atoms with Gasteiger partial charge in [-0.05, 0) is 74.5 Å². The molecule has 0 bridgehead atoms. The number of carbonyl (C=O) groups is 1. The van der Waals surface area contributed by atoms with E-state index >= 15 is 0 Å². The van der Waals surface area contributed by atoms with Gasteiger partial charge in [-0.25, -0.2) is 0 Å². The summed E-state index contributed by atoms with van der Waals surface area (Å²) >= 11 is 5.84. The third-order valence-electron chi connectivity index (χ3n) is 3.87. The van der Waals surface area contributed by atoms with E-state index in [1.165, 1.54) is 5.56 Å². The average molecular weight is 382 g/mol. The molecule has 27 heavy (non-hydrogen) atoms. The van der Waals surface area contributed by atoms with Crippen molar-refractivity contribution in [2.75, 3.05) is 5.32 Å². The maximum absolute atomic E-state index is 12.3. The molecular formula is C22H20ClNO3. The zero-order chi connectivity index (χ0) is 19.2. The number of rotatable bonds is 6. The Morgan fingerprint density at radius 2 is 1.37 bits per heavy atom. The molecule has 3 aromatic rings. The monoisotopic (exact) mass is 381 g/mol. The van der Waals surface area contributed by atoms with Crippen molar-refractivity contribution in [2.45, 2.75) is 20.0 Å². The molecule has 0 fully saturated rings. The number of aryl methyl sites for hydroxylation is 1. The summed E-state index contributed by atoms with van der Waals surface area (Å²) in [6.07, 6.45) is -0.644. The number of benzene rings is 3. The normalized spacial score (nSPS) is 11.5. The van der Waals surface area contributed by atoms with Crippen LogP contribution in [0.4, 0.5) is 5.69 Å². The van der Waals surface area contributed by atoms with Gasteiger partial charge < -0.3 is 14.8 Å². The Balaban J connectivity index is 1.56. The summed E-state index contributed by atoms with van der Waals surface area (Å²) in [6, 6.07) is 21.9. The summed E-state index contributed by atoms with van der Waals surface area (Å²) in [5, 5.41) is 3.44. The zero-order valence-electron chi connectivity index (χ0n) is 15.1. The van der Waals surface area contributed by atoms with Crippen LogP contribution in [-0.4, -0.2) is 12.0 Å². The zero-order valence-corrected chi connectivity index (χ0v) is 15.9. The van der Waals surface area contributed by atoms with Crippen molar-refractivity contribution in [3.8, 4) is 17.2 Å². The molecule has 0 aromatic heterocycles. The number of hydrogen-bond acceptors (Lipinski definition) is 3. The largest absolute Gasteiger partial charge is 0.481 e. The first-order valence-electron chi connectivity index (χ1n) is 8.57. The number of hydrogen-bond donors (Lipinski definition) is 1. The lowest BCUT2D eigenvalue weighted by atomic mass is 10.2. The molecule has 5 heteroatoms. The standard InChI is InChI=1S/C22H20ClNO3/c1-15-3-9-20(10-4-15)27-21-13-7-18(8-14-21)24-22(25)16(2)26-19-11-5-17(23)6-12-19/h3-14,16H,1-2H3,(H,24,25)/t16-/m1/s1. The predicted octanol–water partition coefficient (Wildman–Crippen LogP) is 5.85. The van der Waals surface area contributed by atoms with Gasteiger partial charge >= 0.3 is 0 Å². The van der Waals surface area contributed by atoms with E-state index in [1.54, 1.807) is 55.5 Å². The van der Waals surface area contributed by atoms with E-state index < -0.39 is 6.10 Å². The second kappa shape index (κ2) is 8.60. The maximum Gasteiger partial charge on any atom is 0.265 e. The predicted molar refractivity (Wildman–Crippen MR) is 108 cm³/mol. The fourth-order valence-corrected chi connectivity index (χ4v) is 2.49. The molecule has 0 aliphatic rings. The lowest BCUT2D eigenvalue weighted by molar-refractivity contribution is -0.122. The quantitative estimate of drug-likeness (QED) is 0.582. The molecule has 0 unspecified atom stereocenters. The summed E-state index contributed by atoms with van der Waals surface area (Å²) < 4.78 is 11.4. The van der Waals surface area contributed by atoms with Crippen LogP contribution < -0.4 is 14.8 Å². The molecule has 3 rings (SSSR count). The Labute approximate surface area is 163 Å². The molecule has 138 valence electrons. The van der Waals surface area contributed by atoms with E-state index in [4.69, 9.17) is 21.1 Å². The molecule has 0 radical (unpaired) electrons. The lowest BCUT2D eigenvalue weighted by Crippen LogP contribution is -2.30. The molecule has 0 saturated carbocycles. The van der Waals surface area contributed by atoms with E-state index in [-0.39, 0.29) is 5.91 Å². The van der Waals surface area contributed by atoms with Gasteiger partial charge in [-0.15, -0.1) is 0 Å². The van der Waals surface area contributed by atoms with Gasteiger partial charge in [0, 0.05) is 10.7 Å². The number of amides is 1. The van der Waals surface area contributed by atoms with Crippen molar-refractivity contribution < 1.29 is 14.3 Å². The molecule has 1 amide bonds. The van der Waals surface area contributed by atoms with Crippen LogP contribution in [-0.2, 0) is 4.79 Å². The third-order valence-corrected chi connectivity index (χ3v) is 4.13. The number of anilines is 1. The van der Waals surface area contributed by atoms with E-state index in [0.29, 0.717) is 22.2 Å². The van der Waals surface area contributed by atoms with Crippen LogP contribution in [0.3, 0.4) is 0 Å². The molecule has 0 heterocycles. The highest BCUT2D eigenvalue weighted by Crippen LogP contribution is 2.23. The van der Waals surface area contributed by atoms with Crippen LogP contribution in [0.25, 0.3) is 0 Å². The third kappa shape index (κ3) is 5.50. The minimum Gasteiger partial charge on any atom is -0.481 e. The highest BCUT2D eigenvalue weighted by Gasteiger charge is 2.15. The minimum atomic E-state index is -0.644. The van der Waals surface area contributed by atoms with Gasteiger partial charge in [0.05, 0.1) is 0 Å². The second-order valence-electron chi connectivity index (χ2n) is 6.14. The second-order valence-corrected chi connectivity index (χ2v) is 6.58. The first-order valence-corrected chi connectivity index (χ1v) is 8.95. The number of halogens is 1. The summed E-state index contributed by atoms with van der Waals surface area (Å²) in [4.78, 5) is 12.3. The Hall–Kier alpha value is -2.98. The first-order chi connectivity index (χ1) is 13.0. The topological polar surface area (TPSA) is 47.6 Å². The maximum atomic E-state index is 12.3. The Bertz CT molecular complexity index is 890. The van der Waals surface area contributed by atoms with Crippen LogP contribution in [0.15, 0.2) is 72.8 Å². The van der Waals surface area contributed by atoms with Crippen LogP contribution >= 0.6 is 11.6 Å². The van der Waals surface area contributed by atoms with E-state index in [2.05, 4.69) is 5.32 Å². The van der Waals surface area contributed by atoms with E-state index in [9.17, 15) is 4.79 Å². The Morgan fingerprint density at radius 3 is 1.96 bits per heavy atom. The smallest absolute Gasteiger partial charge is 0.265 e. The average Bonchev–Trinajstić information content (AvgIpc) is 2.67. The van der Waals surface area contributed by atoms with E-state index in [1.807, 2.05) is 31.2 Å². The van der Waals surface area contributed by atoms with Crippen LogP contribution in [0.2, 0.25) is 5.02 Å². The van der Waals surface area contributed by atoms with Crippen LogP contribution in [0.1, 0.15) is 12.5 Å². The highest BCUT2D eigenvalue weighted by molar-refractivity contribution is 6.30. The van der Waals surface area contributed by atoms with Gasteiger partial charge in [0.2, 0.25) is 0 Å². The molecular weight excluding hydrogens is 362 g/mol. The Morgan fingerprint density at radius 1 is 0.852 bits per heavy atom. The van der Waals surface area contributed by atoms with Gasteiger partial charge in [-0.1, -0.05) is 29.3 Å². The van der Waals surface area contributed by atoms with Crippen molar-refractivity contribution in [3.05, 3.63) is 83.4 Å². The molecule has 0 aliphatic heterocycles. The summed E-state index contributed by atoms with van der Waals surface area (Å²) in [6.45, 7) is 3.72. The molecule has 0 saturated heterocycles. The summed E-state index contributed by atoms with van der Waals surface area (Å²) in [7, 11) is 0. The van der Waals surface area contributed by atoms with Gasteiger partial charge in [-0.3, -0.25) is 4.79 Å². The minimum absolute atomic E-state index is 0.239. The van der Waals surface area contributed by atoms with E-state index in [0.717, 1.165) is 5.75 Å². The molecule has 0 aliphatic carbocycles. The highest BCUT2D eigenvalue weighted by atomic mass is 35.5. The SMILES string of the molecule is Cc1ccc(Oc2ccc(NC(=O)[C@@H](C)Oc3ccc(Cl)cc3)cc2)cc1. The number of ether oxygens (including phenoxy) is 2. The summed E-state index contributed by atoms with van der Waals surface area (Å²) in [5.74, 6) is 1.81. The molecule has 3 aromatic carbocycles. The molecule has 4 nitrogen and oxygen atoms in total. The van der Waals surface area contributed by atoms with Crippen molar-refractivity contribution in [2.24, 2.45) is 0 Å². The number of carbonyl (C=O) groups excluding carboxylic acids is 1. The molecule has 1 atom stereocenters. The lowest BCUT2D eigenvalue weighted by Gasteiger charge is -2.15. The van der Waals surface area contributed by atoms with Crippen molar-refractivity contribution >= 4 is 23.2 Å². The van der Waals surface area contributed by atoms with Crippen LogP contribution in [0, 0.1) is 6.92 Å². The Kier molecular flexibility index (Phi) is 5.99. The fourth-order valence-electron chi connectivity index (χ4n) is 2.36. The molecule has 0 spiro atoms. The van der Waals surface area contributed by atoms with Crippen molar-refractivity contribution in [1.82, 2.24) is 0 Å². The fraction of sp³-hybridized carbons (Fsp3) is 0.136. The van der Waals surface area contributed by atoms with Gasteiger partial charge in [0.15, 0.2) is 6.10 Å². The van der Waals surface area contributed by atoms with Crippen LogP contribution in [0.5, 0.6) is 17.2 Å². The molecule has 1 N–H and O–H groups in total. The number of nitrogens with one attached hydrogen (secondary N) is 1. The summed E-state index contributed by atoms with van der Waals surface area (Å²) in [5.41, 5.74) is 1.85.